The number of hydrogen-bond acceptors (Lipinski definition) is 3. The minimum Gasteiger partial charge on any atom is -0.487 e. The largest absolute Gasteiger partial charge is 0.487 e. The molecule has 3 heteroatoms. The van der Waals surface area contributed by atoms with E-state index in [-0.39, 0.29) is 17.3 Å². The fourth-order valence-electron chi connectivity index (χ4n) is 3.30. The molecule has 0 saturated carbocycles. The average Bonchev–Trinajstić information content (AvgIpc) is 2.60. The van der Waals surface area contributed by atoms with Crippen molar-refractivity contribution < 1.29 is 9.47 Å². The van der Waals surface area contributed by atoms with Crippen LogP contribution in [0.1, 0.15) is 59.1 Å². The predicted octanol–water partition coefficient (Wildman–Crippen LogP) is 4.08. The van der Waals surface area contributed by atoms with E-state index in [4.69, 9.17) is 9.47 Å². The second kappa shape index (κ2) is 5.98. The molecule has 0 spiro atoms. The van der Waals surface area contributed by atoms with E-state index >= 15 is 0 Å². The average molecular weight is 291 g/mol. The van der Waals surface area contributed by atoms with Crippen LogP contribution in [0.4, 0.5) is 0 Å². The normalized spacial score (nSPS) is 24.8. The summed E-state index contributed by atoms with van der Waals surface area (Å²) in [6.07, 6.45) is 2.01. The van der Waals surface area contributed by atoms with Gasteiger partial charge in [0.2, 0.25) is 0 Å². The van der Waals surface area contributed by atoms with Crippen molar-refractivity contribution in [3.63, 3.8) is 0 Å². The molecule has 2 rings (SSSR count). The molecule has 0 aromatic heterocycles. The van der Waals surface area contributed by atoms with Gasteiger partial charge in [0.05, 0.1) is 5.60 Å². The fraction of sp³-hybridized carbons (Fsp3) is 0.667. The zero-order valence-corrected chi connectivity index (χ0v) is 14.2. The Balaban J connectivity index is 2.24. The van der Waals surface area contributed by atoms with Crippen molar-refractivity contribution in [1.82, 2.24) is 5.32 Å². The van der Waals surface area contributed by atoms with Crippen LogP contribution in [0.3, 0.4) is 0 Å². The van der Waals surface area contributed by atoms with Gasteiger partial charge in [0.1, 0.15) is 17.5 Å². The number of ether oxygens (including phenoxy) is 2. The Hall–Kier alpha value is -1.06. The maximum atomic E-state index is 6.38. The zero-order valence-electron chi connectivity index (χ0n) is 14.2. The Morgan fingerprint density at radius 3 is 2.48 bits per heavy atom. The molecule has 1 N–H and O–H groups in total. The molecule has 1 fully saturated rings. The first-order chi connectivity index (χ1) is 9.79. The molecular weight excluding hydrogens is 262 g/mol. The number of benzene rings is 1. The summed E-state index contributed by atoms with van der Waals surface area (Å²) < 4.78 is 12.5. The highest BCUT2D eigenvalue weighted by Gasteiger charge is 2.47. The van der Waals surface area contributed by atoms with E-state index in [1.54, 1.807) is 0 Å². The van der Waals surface area contributed by atoms with Crippen LogP contribution >= 0.6 is 0 Å². The summed E-state index contributed by atoms with van der Waals surface area (Å²) in [4.78, 5) is 0. The summed E-state index contributed by atoms with van der Waals surface area (Å²) >= 11 is 0. The van der Waals surface area contributed by atoms with Crippen LogP contribution in [0.25, 0.3) is 0 Å². The zero-order chi connectivity index (χ0) is 15.7. The van der Waals surface area contributed by atoms with Crippen molar-refractivity contribution in [1.29, 1.82) is 0 Å². The fourth-order valence-corrected chi connectivity index (χ4v) is 3.30. The number of para-hydroxylation sites is 1. The van der Waals surface area contributed by atoms with E-state index in [0.29, 0.717) is 6.04 Å². The van der Waals surface area contributed by atoms with Gasteiger partial charge in [-0.2, -0.15) is 0 Å². The molecule has 0 radical (unpaired) electrons. The minimum atomic E-state index is -0.266. The van der Waals surface area contributed by atoms with Gasteiger partial charge in [-0.3, -0.25) is 0 Å². The lowest BCUT2D eigenvalue weighted by Gasteiger charge is -2.29. The van der Waals surface area contributed by atoms with Crippen LogP contribution in [0, 0.1) is 0 Å². The highest BCUT2D eigenvalue weighted by Crippen LogP contribution is 2.40. The molecule has 1 aromatic rings. The molecule has 0 amide bonds. The van der Waals surface area contributed by atoms with E-state index in [1.807, 2.05) is 13.1 Å². The quantitative estimate of drug-likeness (QED) is 0.886. The smallest absolute Gasteiger partial charge is 0.130 e. The van der Waals surface area contributed by atoms with Crippen molar-refractivity contribution in [3.05, 3.63) is 29.8 Å². The molecule has 1 aromatic carbocycles. The van der Waals surface area contributed by atoms with Gasteiger partial charge in [0.25, 0.3) is 0 Å². The predicted molar refractivity (Wildman–Crippen MR) is 86.8 cm³/mol. The molecule has 0 aliphatic carbocycles. The Labute approximate surface area is 129 Å². The van der Waals surface area contributed by atoms with Crippen LogP contribution in [0.2, 0.25) is 0 Å². The second-order valence-electron chi connectivity index (χ2n) is 7.06. The molecule has 2 unspecified atom stereocenters. The van der Waals surface area contributed by atoms with Crippen molar-refractivity contribution >= 4 is 0 Å². The van der Waals surface area contributed by atoms with Crippen molar-refractivity contribution in [3.8, 4) is 5.75 Å². The Kier molecular flexibility index (Phi) is 4.64. The number of rotatable bonds is 5. The van der Waals surface area contributed by atoms with Crippen LogP contribution in [0.15, 0.2) is 24.3 Å². The topological polar surface area (TPSA) is 30.5 Å². The Morgan fingerprint density at radius 2 is 1.95 bits per heavy atom. The van der Waals surface area contributed by atoms with E-state index in [0.717, 1.165) is 18.6 Å². The summed E-state index contributed by atoms with van der Waals surface area (Å²) in [6.45, 7) is 10.7. The molecule has 21 heavy (non-hydrogen) atoms. The van der Waals surface area contributed by atoms with E-state index in [2.05, 4.69) is 58.1 Å². The first kappa shape index (κ1) is 16.3. The summed E-state index contributed by atoms with van der Waals surface area (Å²) in [6, 6.07) is 8.64. The summed E-state index contributed by atoms with van der Waals surface area (Å²) in [7, 11) is 2.00. The van der Waals surface area contributed by atoms with Crippen LogP contribution < -0.4 is 10.1 Å². The van der Waals surface area contributed by atoms with E-state index in [9.17, 15) is 0 Å². The maximum absolute atomic E-state index is 6.38. The van der Waals surface area contributed by atoms with Gasteiger partial charge >= 0.3 is 0 Å². The molecule has 0 bridgehead atoms. The van der Waals surface area contributed by atoms with Crippen LogP contribution in [-0.2, 0) is 4.74 Å². The minimum absolute atomic E-state index is 0.0722. The molecule has 2 atom stereocenters. The third kappa shape index (κ3) is 3.58. The van der Waals surface area contributed by atoms with Crippen molar-refractivity contribution in [2.24, 2.45) is 0 Å². The van der Waals surface area contributed by atoms with Gasteiger partial charge in [-0.15, -0.1) is 0 Å². The van der Waals surface area contributed by atoms with Crippen LogP contribution in [0.5, 0.6) is 5.75 Å². The monoisotopic (exact) mass is 291 g/mol. The number of hydrogen-bond donors (Lipinski definition) is 1. The third-order valence-electron chi connectivity index (χ3n) is 4.31. The second-order valence-corrected chi connectivity index (χ2v) is 7.06. The lowest BCUT2D eigenvalue weighted by Crippen LogP contribution is -2.37. The molecule has 1 heterocycles. The van der Waals surface area contributed by atoms with E-state index < -0.39 is 0 Å². The van der Waals surface area contributed by atoms with Crippen molar-refractivity contribution in [2.75, 3.05) is 7.05 Å². The first-order valence-electron chi connectivity index (χ1n) is 7.92. The van der Waals surface area contributed by atoms with E-state index in [1.165, 1.54) is 5.56 Å². The van der Waals surface area contributed by atoms with Crippen LogP contribution in [-0.4, -0.2) is 24.4 Å². The summed E-state index contributed by atoms with van der Waals surface area (Å²) in [5, 5.41) is 3.36. The molecule has 118 valence electrons. The summed E-state index contributed by atoms with van der Waals surface area (Å²) in [5.74, 6) is 0.970. The molecule has 1 aliphatic rings. The Morgan fingerprint density at radius 1 is 1.29 bits per heavy atom. The maximum Gasteiger partial charge on any atom is 0.130 e. The molecule has 1 saturated heterocycles. The van der Waals surface area contributed by atoms with Gasteiger partial charge in [0, 0.05) is 18.0 Å². The van der Waals surface area contributed by atoms with Crippen molar-refractivity contribution in [2.45, 2.75) is 70.8 Å². The van der Waals surface area contributed by atoms with Gasteiger partial charge in [0.15, 0.2) is 0 Å². The standard InChI is InChI=1S/C18H29NO2/c1-7-14(19-6)13-10-8-9-11-15(13)20-16-12-17(2,3)21-18(16,4)5/h8-11,14,16,19H,7,12H2,1-6H3. The lowest BCUT2D eigenvalue weighted by atomic mass is 9.96. The summed E-state index contributed by atoms with van der Waals surface area (Å²) in [5.41, 5.74) is 0.830. The number of nitrogens with one attached hydrogen (secondary N) is 1. The molecular formula is C18H29NO2. The molecule has 1 aliphatic heterocycles. The van der Waals surface area contributed by atoms with Gasteiger partial charge in [-0.05, 0) is 47.2 Å². The third-order valence-corrected chi connectivity index (χ3v) is 4.31. The first-order valence-corrected chi connectivity index (χ1v) is 7.92. The SMILES string of the molecule is CCC(NC)c1ccccc1OC1CC(C)(C)OC1(C)C. The van der Waals surface area contributed by atoms with Gasteiger partial charge < -0.3 is 14.8 Å². The highest BCUT2D eigenvalue weighted by molar-refractivity contribution is 5.36. The Bertz CT molecular complexity index is 478. The van der Waals surface area contributed by atoms with Gasteiger partial charge in [-0.25, -0.2) is 0 Å². The molecule has 3 nitrogen and oxygen atoms in total. The van der Waals surface area contributed by atoms with Gasteiger partial charge in [-0.1, -0.05) is 25.1 Å². The lowest BCUT2D eigenvalue weighted by molar-refractivity contribution is -0.0847. The highest BCUT2D eigenvalue weighted by atomic mass is 16.6.